The number of aromatic nitrogens is 1. The Morgan fingerprint density at radius 2 is 1.67 bits per heavy atom. The van der Waals surface area contributed by atoms with E-state index in [4.69, 9.17) is 9.47 Å². The SMILES string of the molecule is CCOC(=O)Oc1cn(Cc2ccccc2F)c2sc(-c3ccc(NC(=O)C(C)C)cc3)c(CN(C)Cc3ccccc3)c2c1=O. The van der Waals surface area contributed by atoms with Crippen molar-refractivity contribution in [3.63, 3.8) is 0 Å². The molecule has 0 saturated carbocycles. The summed E-state index contributed by atoms with van der Waals surface area (Å²) in [6.07, 6.45) is 0.449. The van der Waals surface area contributed by atoms with Crippen LogP contribution in [0.3, 0.4) is 0 Å². The standard InChI is InChI=1S/C36H36FN3O5S/c1-5-44-36(43)45-30-22-40(20-26-13-9-10-14-29(26)37)35-31(32(30)41)28(21-39(4)19-24-11-7-6-8-12-24)33(46-35)25-15-17-27(18-16-25)38-34(42)23(2)3/h6-18,22-23H,5,19-21H2,1-4H3,(H,38,42). The number of pyridine rings is 1. The molecule has 5 aromatic rings. The van der Waals surface area contributed by atoms with Gasteiger partial charge in [-0.15, -0.1) is 11.3 Å². The zero-order valence-corrected chi connectivity index (χ0v) is 27.0. The highest BCUT2D eigenvalue weighted by Crippen LogP contribution is 2.40. The molecule has 0 atom stereocenters. The van der Waals surface area contributed by atoms with Crippen molar-refractivity contribution in [3.8, 4) is 16.2 Å². The Balaban J connectivity index is 1.68. The maximum absolute atomic E-state index is 14.9. The Morgan fingerprint density at radius 3 is 2.35 bits per heavy atom. The fourth-order valence-electron chi connectivity index (χ4n) is 5.10. The molecule has 0 bridgehead atoms. The molecule has 0 aliphatic heterocycles. The molecular weight excluding hydrogens is 605 g/mol. The number of rotatable bonds is 11. The number of nitrogens with zero attached hydrogens (tertiary/aromatic N) is 2. The Kier molecular flexibility index (Phi) is 10.3. The molecule has 8 nitrogen and oxygen atoms in total. The predicted molar refractivity (Wildman–Crippen MR) is 180 cm³/mol. The van der Waals surface area contributed by atoms with Crippen molar-refractivity contribution >= 4 is 39.3 Å². The average molecular weight is 642 g/mol. The highest BCUT2D eigenvalue weighted by molar-refractivity contribution is 7.22. The Bertz CT molecular complexity index is 1900. The quantitative estimate of drug-likeness (QED) is 0.149. The number of anilines is 1. The molecule has 1 amide bonds. The molecule has 5 rings (SSSR count). The monoisotopic (exact) mass is 641 g/mol. The molecular formula is C36H36FN3O5S. The highest BCUT2D eigenvalue weighted by atomic mass is 32.1. The summed E-state index contributed by atoms with van der Waals surface area (Å²) in [5.74, 6) is -0.844. The van der Waals surface area contributed by atoms with Crippen LogP contribution in [-0.2, 0) is 29.2 Å². The first-order valence-corrected chi connectivity index (χ1v) is 15.9. The lowest BCUT2D eigenvalue weighted by Crippen LogP contribution is -2.21. The second-order valence-electron chi connectivity index (χ2n) is 11.3. The minimum atomic E-state index is -0.992. The lowest BCUT2D eigenvalue weighted by Gasteiger charge is -2.18. The van der Waals surface area contributed by atoms with Crippen LogP contribution in [-0.4, -0.2) is 35.2 Å². The van der Waals surface area contributed by atoms with Gasteiger partial charge in [-0.2, -0.15) is 0 Å². The molecule has 238 valence electrons. The maximum atomic E-state index is 14.9. The normalized spacial score (nSPS) is 11.3. The molecule has 2 heterocycles. The van der Waals surface area contributed by atoms with Crippen molar-refractivity contribution < 1.29 is 23.5 Å². The topological polar surface area (TPSA) is 89.9 Å². The van der Waals surface area contributed by atoms with Crippen LogP contribution >= 0.6 is 11.3 Å². The number of carbonyl (C=O) groups is 2. The zero-order chi connectivity index (χ0) is 32.8. The molecule has 0 radical (unpaired) electrons. The fourth-order valence-corrected chi connectivity index (χ4v) is 6.39. The van der Waals surface area contributed by atoms with Crippen LogP contribution in [0.15, 0.2) is 89.9 Å². The summed E-state index contributed by atoms with van der Waals surface area (Å²) in [4.78, 5) is 42.3. The van der Waals surface area contributed by atoms with Crippen LogP contribution in [0.5, 0.6) is 5.75 Å². The molecule has 0 unspecified atom stereocenters. The smallest absolute Gasteiger partial charge is 0.434 e. The fraction of sp³-hybridized carbons (Fsp3) is 0.250. The van der Waals surface area contributed by atoms with Gasteiger partial charge in [-0.05, 0) is 48.9 Å². The summed E-state index contributed by atoms with van der Waals surface area (Å²) >= 11 is 1.41. The van der Waals surface area contributed by atoms with E-state index >= 15 is 0 Å². The zero-order valence-electron chi connectivity index (χ0n) is 26.2. The molecule has 10 heteroatoms. The minimum absolute atomic E-state index is 0.0796. The van der Waals surface area contributed by atoms with Crippen LogP contribution in [0.25, 0.3) is 20.7 Å². The molecule has 0 spiro atoms. The van der Waals surface area contributed by atoms with E-state index in [9.17, 15) is 18.8 Å². The van der Waals surface area contributed by atoms with Crippen LogP contribution in [0, 0.1) is 11.7 Å². The van der Waals surface area contributed by atoms with Crippen molar-refractivity contribution in [2.75, 3.05) is 19.0 Å². The van der Waals surface area contributed by atoms with Gasteiger partial charge in [-0.25, -0.2) is 9.18 Å². The van der Waals surface area contributed by atoms with Crippen molar-refractivity contribution in [2.24, 2.45) is 5.92 Å². The number of benzene rings is 3. The summed E-state index contributed by atoms with van der Waals surface area (Å²) in [6, 6.07) is 23.9. The molecule has 1 N–H and O–H groups in total. The molecule has 0 aliphatic carbocycles. The number of nitrogens with one attached hydrogen (secondary N) is 1. The van der Waals surface area contributed by atoms with Crippen LogP contribution in [0.1, 0.15) is 37.5 Å². The van der Waals surface area contributed by atoms with E-state index in [-0.39, 0.29) is 36.5 Å². The van der Waals surface area contributed by atoms with Gasteiger partial charge in [0.05, 0.1) is 24.7 Å². The van der Waals surface area contributed by atoms with Gasteiger partial charge >= 0.3 is 6.16 Å². The van der Waals surface area contributed by atoms with E-state index < -0.39 is 11.6 Å². The second kappa shape index (κ2) is 14.5. The van der Waals surface area contributed by atoms with E-state index in [1.165, 1.54) is 23.6 Å². The summed E-state index contributed by atoms with van der Waals surface area (Å²) in [7, 11) is 1.97. The number of fused-ring (bicyclic) bond motifs is 1. The number of thiophene rings is 1. The van der Waals surface area contributed by atoms with Crippen LogP contribution < -0.4 is 15.5 Å². The number of halogens is 1. The third-order valence-corrected chi connectivity index (χ3v) is 8.71. The summed E-state index contributed by atoms with van der Waals surface area (Å²) in [5, 5.41) is 3.30. The van der Waals surface area contributed by atoms with Crippen LogP contribution in [0.4, 0.5) is 14.9 Å². The van der Waals surface area contributed by atoms with Gasteiger partial charge < -0.3 is 19.4 Å². The van der Waals surface area contributed by atoms with Crippen molar-refractivity contribution in [3.05, 3.63) is 118 Å². The summed E-state index contributed by atoms with van der Waals surface area (Å²) in [6.45, 7) is 6.50. The Morgan fingerprint density at radius 1 is 0.978 bits per heavy atom. The first-order chi connectivity index (χ1) is 22.1. The van der Waals surface area contributed by atoms with Gasteiger partial charge in [0.15, 0.2) is 5.75 Å². The van der Waals surface area contributed by atoms with Gasteiger partial charge in [0, 0.05) is 35.1 Å². The van der Waals surface area contributed by atoms with Gasteiger partial charge in [-0.3, -0.25) is 14.5 Å². The van der Waals surface area contributed by atoms with Crippen LogP contribution in [0.2, 0.25) is 0 Å². The van der Waals surface area contributed by atoms with Gasteiger partial charge in [0.2, 0.25) is 11.3 Å². The number of hydrogen-bond donors (Lipinski definition) is 1. The van der Waals surface area contributed by atoms with E-state index in [0.29, 0.717) is 34.6 Å². The lowest BCUT2D eigenvalue weighted by atomic mass is 10.0. The van der Waals surface area contributed by atoms with E-state index in [1.54, 1.807) is 29.7 Å². The average Bonchev–Trinajstić information content (AvgIpc) is 3.40. The molecule has 46 heavy (non-hydrogen) atoms. The second-order valence-corrected chi connectivity index (χ2v) is 12.3. The van der Waals surface area contributed by atoms with Crippen molar-refractivity contribution in [1.82, 2.24) is 9.47 Å². The number of hydrogen-bond acceptors (Lipinski definition) is 7. The van der Waals surface area contributed by atoms with E-state index in [0.717, 1.165) is 21.6 Å². The van der Waals surface area contributed by atoms with E-state index in [2.05, 4.69) is 10.2 Å². The molecule has 0 saturated heterocycles. The molecule has 3 aromatic carbocycles. The molecule has 0 fully saturated rings. The molecule has 2 aromatic heterocycles. The van der Waals surface area contributed by atoms with Gasteiger partial charge in [-0.1, -0.05) is 74.5 Å². The lowest BCUT2D eigenvalue weighted by molar-refractivity contribution is -0.118. The van der Waals surface area contributed by atoms with Crippen molar-refractivity contribution in [2.45, 2.75) is 40.4 Å². The van der Waals surface area contributed by atoms with Crippen molar-refractivity contribution in [1.29, 1.82) is 0 Å². The largest absolute Gasteiger partial charge is 0.514 e. The Hall–Kier alpha value is -4.80. The van der Waals surface area contributed by atoms with E-state index in [1.807, 2.05) is 75.5 Å². The number of ether oxygens (including phenoxy) is 2. The molecule has 0 aliphatic rings. The summed E-state index contributed by atoms with van der Waals surface area (Å²) < 4.78 is 27.0. The predicted octanol–water partition coefficient (Wildman–Crippen LogP) is 7.68. The van der Waals surface area contributed by atoms with Gasteiger partial charge in [0.25, 0.3) is 0 Å². The third-order valence-electron chi connectivity index (χ3n) is 7.39. The number of amides is 1. The number of carbonyl (C=O) groups excluding carboxylic acids is 2. The maximum Gasteiger partial charge on any atom is 0.514 e. The minimum Gasteiger partial charge on any atom is -0.434 e. The Labute approximate surface area is 271 Å². The first kappa shape index (κ1) is 32.6. The summed E-state index contributed by atoms with van der Waals surface area (Å²) in [5.41, 5.74) is 3.32. The third kappa shape index (κ3) is 7.52. The highest BCUT2D eigenvalue weighted by Gasteiger charge is 2.24. The van der Waals surface area contributed by atoms with Gasteiger partial charge in [0.1, 0.15) is 10.6 Å². The first-order valence-electron chi connectivity index (χ1n) is 15.0.